The maximum Gasteiger partial charge on any atom is 0.241 e. The van der Waals surface area contributed by atoms with E-state index in [0.717, 1.165) is 23.3 Å². The van der Waals surface area contributed by atoms with E-state index in [0.29, 0.717) is 19.0 Å². The zero-order valence-electron chi connectivity index (χ0n) is 16.6. The Morgan fingerprint density at radius 3 is 2.73 bits per heavy atom. The van der Waals surface area contributed by atoms with E-state index in [-0.39, 0.29) is 18.6 Å². The van der Waals surface area contributed by atoms with Gasteiger partial charge < -0.3 is 20.3 Å². The normalized spacial score (nSPS) is 12.3. The lowest BCUT2D eigenvalue weighted by atomic mass is 10.1. The van der Waals surface area contributed by atoms with Gasteiger partial charge in [0.15, 0.2) is 5.96 Å². The number of amides is 1. The SMILES string of the molecule is C=CCNC(=NCc1ccc(C)cc1OC(C)CC)NCC(=O)N(C)C. The smallest absolute Gasteiger partial charge is 0.241 e. The number of ether oxygens (including phenoxy) is 1. The van der Waals surface area contributed by atoms with Crippen molar-refractivity contribution < 1.29 is 9.53 Å². The molecule has 0 radical (unpaired) electrons. The minimum Gasteiger partial charge on any atom is -0.490 e. The number of aryl methyl sites for hydroxylation is 1. The Balaban J connectivity index is 2.89. The number of benzene rings is 1. The van der Waals surface area contributed by atoms with Crippen LogP contribution in [-0.2, 0) is 11.3 Å². The summed E-state index contributed by atoms with van der Waals surface area (Å²) in [5, 5.41) is 6.17. The van der Waals surface area contributed by atoms with E-state index in [9.17, 15) is 4.79 Å². The van der Waals surface area contributed by atoms with E-state index in [1.807, 2.05) is 25.1 Å². The zero-order chi connectivity index (χ0) is 19.5. The van der Waals surface area contributed by atoms with Gasteiger partial charge in [-0.05, 0) is 31.9 Å². The summed E-state index contributed by atoms with van der Waals surface area (Å²) in [5.41, 5.74) is 2.16. The second-order valence-electron chi connectivity index (χ2n) is 6.42. The van der Waals surface area contributed by atoms with Crippen LogP contribution in [0, 0.1) is 6.92 Å². The molecule has 0 saturated carbocycles. The molecule has 6 heteroatoms. The molecule has 1 amide bonds. The number of hydrogen-bond donors (Lipinski definition) is 2. The fourth-order valence-corrected chi connectivity index (χ4v) is 2.03. The van der Waals surface area contributed by atoms with Crippen molar-refractivity contribution in [1.82, 2.24) is 15.5 Å². The molecule has 0 aliphatic rings. The molecule has 1 atom stereocenters. The first kappa shape index (κ1) is 21.5. The quantitative estimate of drug-likeness (QED) is 0.403. The van der Waals surface area contributed by atoms with Gasteiger partial charge >= 0.3 is 0 Å². The molecule has 0 bridgehead atoms. The summed E-state index contributed by atoms with van der Waals surface area (Å²) in [6.07, 6.45) is 2.83. The van der Waals surface area contributed by atoms with Crippen molar-refractivity contribution in [3.8, 4) is 5.75 Å². The summed E-state index contributed by atoms with van der Waals surface area (Å²) < 4.78 is 6.03. The van der Waals surface area contributed by atoms with Gasteiger partial charge in [0.25, 0.3) is 0 Å². The number of nitrogens with one attached hydrogen (secondary N) is 2. The number of nitrogens with zero attached hydrogens (tertiary/aromatic N) is 2. The van der Waals surface area contributed by atoms with E-state index < -0.39 is 0 Å². The summed E-state index contributed by atoms with van der Waals surface area (Å²) in [7, 11) is 3.45. The Labute approximate surface area is 157 Å². The Kier molecular flexibility index (Phi) is 9.26. The molecule has 0 aromatic heterocycles. The van der Waals surface area contributed by atoms with Crippen LogP contribution >= 0.6 is 0 Å². The minimum atomic E-state index is -0.0192. The van der Waals surface area contributed by atoms with Crippen molar-refractivity contribution in [1.29, 1.82) is 0 Å². The number of likely N-dealkylation sites (N-methyl/N-ethyl adjacent to an activating group) is 1. The van der Waals surface area contributed by atoms with Gasteiger partial charge in [-0.1, -0.05) is 25.1 Å². The van der Waals surface area contributed by atoms with Gasteiger partial charge in [-0.3, -0.25) is 4.79 Å². The standard InChI is InChI=1S/C20H32N4O2/c1-7-11-21-20(23-14-19(25)24(5)6)22-13-17-10-9-15(3)12-18(17)26-16(4)8-2/h7,9-10,12,16H,1,8,11,13-14H2,2-6H3,(H2,21,22,23). The fraction of sp³-hybridized carbons (Fsp3) is 0.500. The van der Waals surface area contributed by atoms with E-state index in [4.69, 9.17) is 4.74 Å². The zero-order valence-corrected chi connectivity index (χ0v) is 16.6. The third-order valence-corrected chi connectivity index (χ3v) is 3.85. The third kappa shape index (κ3) is 7.59. The summed E-state index contributed by atoms with van der Waals surface area (Å²) in [6, 6.07) is 6.12. The Bertz CT molecular complexity index is 626. The van der Waals surface area contributed by atoms with Gasteiger partial charge in [-0.15, -0.1) is 6.58 Å². The molecule has 0 saturated heterocycles. The van der Waals surface area contributed by atoms with Crippen LogP contribution in [0.15, 0.2) is 35.8 Å². The average molecular weight is 361 g/mol. The van der Waals surface area contributed by atoms with Gasteiger partial charge in [0, 0.05) is 26.2 Å². The highest BCUT2D eigenvalue weighted by atomic mass is 16.5. The number of carbonyl (C=O) groups excluding carboxylic acids is 1. The highest BCUT2D eigenvalue weighted by molar-refractivity contribution is 5.86. The van der Waals surface area contributed by atoms with Crippen LogP contribution in [0.4, 0.5) is 0 Å². The predicted molar refractivity (Wildman–Crippen MR) is 108 cm³/mol. The maximum absolute atomic E-state index is 11.8. The molecule has 144 valence electrons. The highest BCUT2D eigenvalue weighted by Crippen LogP contribution is 2.23. The summed E-state index contributed by atoms with van der Waals surface area (Å²) in [5.74, 6) is 1.40. The van der Waals surface area contributed by atoms with Gasteiger partial charge in [0.2, 0.25) is 5.91 Å². The summed E-state index contributed by atoms with van der Waals surface area (Å²) in [4.78, 5) is 17.9. The molecule has 6 nitrogen and oxygen atoms in total. The van der Waals surface area contributed by atoms with E-state index in [1.165, 1.54) is 4.90 Å². The van der Waals surface area contributed by atoms with Gasteiger partial charge in [-0.25, -0.2) is 4.99 Å². The molecule has 0 spiro atoms. The second-order valence-corrected chi connectivity index (χ2v) is 6.42. The van der Waals surface area contributed by atoms with E-state index in [1.54, 1.807) is 20.2 Å². The van der Waals surface area contributed by atoms with Crippen LogP contribution in [0.1, 0.15) is 31.4 Å². The molecule has 1 rings (SSSR count). The molecular formula is C20H32N4O2. The van der Waals surface area contributed by atoms with Crippen molar-refractivity contribution in [2.75, 3.05) is 27.2 Å². The highest BCUT2D eigenvalue weighted by Gasteiger charge is 2.09. The lowest BCUT2D eigenvalue weighted by Crippen LogP contribution is -2.43. The molecule has 0 fully saturated rings. The first-order valence-corrected chi connectivity index (χ1v) is 8.96. The van der Waals surface area contributed by atoms with Crippen LogP contribution in [0.5, 0.6) is 5.75 Å². The lowest BCUT2D eigenvalue weighted by Gasteiger charge is -2.17. The lowest BCUT2D eigenvalue weighted by molar-refractivity contribution is -0.127. The van der Waals surface area contributed by atoms with Crippen LogP contribution < -0.4 is 15.4 Å². The van der Waals surface area contributed by atoms with Crippen LogP contribution in [0.25, 0.3) is 0 Å². The predicted octanol–water partition coefficient (Wildman–Crippen LogP) is 2.48. The van der Waals surface area contributed by atoms with Crippen molar-refractivity contribution >= 4 is 11.9 Å². The average Bonchev–Trinajstić information content (AvgIpc) is 2.61. The molecule has 2 N–H and O–H groups in total. The maximum atomic E-state index is 11.8. The number of carbonyl (C=O) groups is 1. The fourth-order valence-electron chi connectivity index (χ4n) is 2.03. The van der Waals surface area contributed by atoms with Gasteiger partial charge in [0.05, 0.1) is 19.2 Å². The van der Waals surface area contributed by atoms with Gasteiger partial charge in [-0.2, -0.15) is 0 Å². The first-order valence-electron chi connectivity index (χ1n) is 8.96. The van der Waals surface area contributed by atoms with Crippen molar-refractivity contribution in [3.05, 3.63) is 42.0 Å². The first-order chi connectivity index (χ1) is 12.4. The van der Waals surface area contributed by atoms with Gasteiger partial charge in [0.1, 0.15) is 5.75 Å². The van der Waals surface area contributed by atoms with Crippen LogP contribution in [0.3, 0.4) is 0 Å². The largest absolute Gasteiger partial charge is 0.490 e. The van der Waals surface area contributed by atoms with Crippen molar-refractivity contribution in [3.63, 3.8) is 0 Å². The number of rotatable bonds is 9. The van der Waals surface area contributed by atoms with Crippen molar-refractivity contribution in [2.24, 2.45) is 4.99 Å². The summed E-state index contributed by atoms with van der Waals surface area (Å²) >= 11 is 0. The molecular weight excluding hydrogens is 328 g/mol. The van der Waals surface area contributed by atoms with Crippen LogP contribution in [0.2, 0.25) is 0 Å². The topological polar surface area (TPSA) is 66.0 Å². The van der Waals surface area contributed by atoms with Crippen molar-refractivity contribution in [2.45, 2.75) is 39.8 Å². The molecule has 1 aromatic carbocycles. The van der Waals surface area contributed by atoms with E-state index in [2.05, 4.69) is 36.1 Å². The monoisotopic (exact) mass is 360 g/mol. The molecule has 1 aromatic rings. The second kappa shape index (κ2) is 11.2. The molecule has 0 aliphatic heterocycles. The third-order valence-electron chi connectivity index (χ3n) is 3.85. The van der Waals surface area contributed by atoms with E-state index >= 15 is 0 Å². The summed E-state index contributed by atoms with van der Waals surface area (Å²) in [6.45, 7) is 11.1. The Morgan fingerprint density at radius 2 is 2.12 bits per heavy atom. The minimum absolute atomic E-state index is 0.0192. The Hall–Kier alpha value is -2.50. The molecule has 26 heavy (non-hydrogen) atoms. The number of hydrogen-bond acceptors (Lipinski definition) is 3. The van der Waals surface area contributed by atoms with Crippen LogP contribution in [-0.4, -0.2) is 50.1 Å². The molecule has 0 heterocycles. The number of guanidine groups is 1. The molecule has 0 aliphatic carbocycles. The molecule has 1 unspecified atom stereocenters. The Morgan fingerprint density at radius 1 is 1.38 bits per heavy atom. The number of aliphatic imine (C=N–C) groups is 1.